The Kier molecular flexibility index (Phi) is 4.75. The number of benzene rings is 1. The lowest BCUT2D eigenvalue weighted by molar-refractivity contribution is 0.0942. The highest BCUT2D eigenvalue weighted by atomic mass is 19.1. The topological polar surface area (TPSA) is 62.5 Å². The molecule has 1 aromatic heterocycles. The second-order valence-corrected chi connectivity index (χ2v) is 4.94. The minimum Gasteiger partial charge on any atom is -0.466 e. The van der Waals surface area contributed by atoms with Crippen LogP contribution in [0, 0.1) is 19.7 Å². The summed E-state index contributed by atoms with van der Waals surface area (Å²) in [7, 11) is 0. The highest BCUT2D eigenvalue weighted by Gasteiger charge is 2.15. The van der Waals surface area contributed by atoms with Gasteiger partial charge >= 0.3 is 0 Å². The highest BCUT2D eigenvalue weighted by molar-refractivity contribution is 5.94. The quantitative estimate of drug-likeness (QED) is 0.890. The number of aliphatic hydroxyl groups is 1. The van der Waals surface area contributed by atoms with Crippen LogP contribution in [-0.2, 0) is 0 Å². The van der Waals surface area contributed by atoms with Gasteiger partial charge in [-0.25, -0.2) is 4.39 Å². The van der Waals surface area contributed by atoms with Gasteiger partial charge in [0.25, 0.3) is 5.91 Å². The number of carbonyl (C=O) groups is 1. The van der Waals surface area contributed by atoms with E-state index in [2.05, 4.69) is 5.32 Å². The van der Waals surface area contributed by atoms with Gasteiger partial charge in [0.05, 0.1) is 6.10 Å². The van der Waals surface area contributed by atoms with E-state index < -0.39 is 11.9 Å². The van der Waals surface area contributed by atoms with Crippen molar-refractivity contribution in [2.45, 2.75) is 26.4 Å². The highest BCUT2D eigenvalue weighted by Crippen LogP contribution is 2.23. The molecule has 21 heavy (non-hydrogen) atoms. The second-order valence-electron chi connectivity index (χ2n) is 4.94. The van der Waals surface area contributed by atoms with Gasteiger partial charge in [-0.3, -0.25) is 4.79 Å². The molecule has 1 amide bonds. The van der Waals surface area contributed by atoms with E-state index in [1.807, 2.05) is 6.92 Å². The molecule has 0 spiro atoms. The van der Waals surface area contributed by atoms with Crippen molar-refractivity contribution in [3.05, 3.63) is 58.8 Å². The molecule has 0 aliphatic carbocycles. The van der Waals surface area contributed by atoms with Gasteiger partial charge in [-0.05, 0) is 44.5 Å². The van der Waals surface area contributed by atoms with Crippen LogP contribution in [0.2, 0.25) is 0 Å². The predicted octanol–water partition coefficient (Wildman–Crippen LogP) is 2.89. The van der Waals surface area contributed by atoms with Gasteiger partial charge in [-0.15, -0.1) is 0 Å². The molecule has 0 radical (unpaired) electrons. The minimum atomic E-state index is -0.699. The lowest BCUT2D eigenvalue weighted by Crippen LogP contribution is -2.25. The number of aliphatic hydroxyl groups excluding tert-OH is 1. The Morgan fingerprint density at radius 2 is 2.14 bits per heavy atom. The summed E-state index contributed by atoms with van der Waals surface area (Å²) in [6, 6.07) is 7.27. The molecule has 112 valence electrons. The minimum absolute atomic E-state index is 0.264. The van der Waals surface area contributed by atoms with E-state index in [1.54, 1.807) is 19.1 Å². The molecule has 1 unspecified atom stereocenters. The maximum Gasteiger partial charge on any atom is 0.251 e. The number of rotatable bonds is 5. The number of nitrogens with one attached hydrogen (secondary N) is 1. The van der Waals surface area contributed by atoms with Crippen LogP contribution in [0.1, 0.15) is 40.0 Å². The largest absolute Gasteiger partial charge is 0.466 e. The lowest BCUT2D eigenvalue weighted by Gasteiger charge is -2.10. The second kappa shape index (κ2) is 6.54. The summed E-state index contributed by atoms with van der Waals surface area (Å²) in [4.78, 5) is 11.8. The first-order valence-corrected chi connectivity index (χ1v) is 6.76. The van der Waals surface area contributed by atoms with Crippen molar-refractivity contribution in [3.8, 4) is 0 Å². The molecule has 0 fully saturated rings. The summed E-state index contributed by atoms with van der Waals surface area (Å²) in [5.74, 6) is 0.607. The maximum absolute atomic E-state index is 13.0. The van der Waals surface area contributed by atoms with E-state index in [4.69, 9.17) is 4.42 Å². The zero-order chi connectivity index (χ0) is 15.4. The standard InChI is InChI=1S/C16H18FNO3/c1-10-8-14(11(2)21-10)15(19)6-7-18-16(20)12-4-3-5-13(17)9-12/h3-5,8-9,15,19H,6-7H2,1-2H3,(H,18,20). The van der Waals surface area contributed by atoms with E-state index in [1.165, 1.54) is 18.2 Å². The zero-order valence-electron chi connectivity index (χ0n) is 12.0. The van der Waals surface area contributed by atoms with Crippen LogP contribution in [-0.4, -0.2) is 17.6 Å². The first-order chi connectivity index (χ1) is 9.97. The third-order valence-corrected chi connectivity index (χ3v) is 3.23. The molecule has 1 aromatic carbocycles. The van der Waals surface area contributed by atoms with Crippen molar-refractivity contribution < 1.29 is 18.7 Å². The van der Waals surface area contributed by atoms with Crippen molar-refractivity contribution >= 4 is 5.91 Å². The Bertz CT molecular complexity index is 636. The fourth-order valence-electron chi connectivity index (χ4n) is 2.19. The average molecular weight is 291 g/mol. The van der Waals surface area contributed by atoms with Crippen LogP contribution in [0.4, 0.5) is 4.39 Å². The van der Waals surface area contributed by atoms with E-state index in [0.29, 0.717) is 18.7 Å². The van der Waals surface area contributed by atoms with Gasteiger partial charge in [0.2, 0.25) is 0 Å². The summed E-state index contributed by atoms with van der Waals surface area (Å²) in [5.41, 5.74) is 0.993. The molecule has 2 N–H and O–H groups in total. The Labute approximate surface area is 122 Å². The van der Waals surface area contributed by atoms with Gasteiger partial charge in [0.1, 0.15) is 17.3 Å². The van der Waals surface area contributed by atoms with Gasteiger partial charge in [0, 0.05) is 17.7 Å². The molecular formula is C16H18FNO3. The molecule has 4 nitrogen and oxygen atoms in total. The molecule has 0 bridgehead atoms. The van der Waals surface area contributed by atoms with Crippen LogP contribution in [0.25, 0.3) is 0 Å². The monoisotopic (exact) mass is 291 g/mol. The fraction of sp³-hybridized carbons (Fsp3) is 0.312. The van der Waals surface area contributed by atoms with Crippen LogP contribution < -0.4 is 5.32 Å². The number of hydrogen-bond donors (Lipinski definition) is 2. The summed E-state index contributed by atoms with van der Waals surface area (Å²) >= 11 is 0. The molecule has 1 heterocycles. The Hall–Kier alpha value is -2.14. The number of halogens is 1. The normalized spacial score (nSPS) is 12.2. The molecule has 5 heteroatoms. The van der Waals surface area contributed by atoms with Gasteiger partial charge < -0.3 is 14.8 Å². The third-order valence-electron chi connectivity index (χ3n) is 3.23. The van der Waals surface area contributed by atoms with Gasteiger partial charge in [-0.1, -0.05) is 6.07 Å². The Morgan fingerprint density at radius 3 is 2.76 bits per heavy atom. The summed E-state index contributed by atoms with van der Waals surface area (Å²) in [6.45, 7) is 3.89. The summed E-state index contributed by atoms with van der Waals surface area (Å²) in [6.07, 6.45) is -0.337. The van der Waals surface area contributed by atoms with Crippen LogP contribution >= 0.6 is 0 Å². The van der Waals surface area contributed by atoms with E-state index in [-0.39, 0.29) is 11.5 Å². The molecule has 2 rings (SSSR count). The molecule has 1 atom stereocenters. The van der Waals surface area contributed by atoms with E-state index >= 15 is 0 Å². The summed E-state index contributed by atoms with van der Waals surface area (Å²) < 4.78 is 18.4. The van der Waals surface area contributed by atoms with Crippen molar-refractivity contribution in [3.63, 3.8) is 0 Å². The Morgan fingerprint density at radius 1 is 1.38 bits per heavy atom. The molecule has 0 aliphatic heterocycles. The fourth-order valence-corrected chi connectivity index (χ4v) is 2.19. The third kappa shape index (κ3) is 3.92. The van der Waals surface area contributed by atoms with Crippen molar-refractivity contribution in [1.29, 1.82) is 0 Å². The first-order valence-electron chi connectivity index (χ1n) is 6.76. The summed E-state index contributed by atoms with van der Waals surface area (Å²) in [5, 5.41) is 12.7. The SMILES string of the molecule is Cc1cc(C(O)CCNC(=O)c2cccc(F)c2)c(C)o1. The van der Waals surface area contributed by atoms with Crippen LogP contribution in [0.3, 0.4) is 0 Å². The molecule has 0 saturated carbocycles. The number of hydrogen-bond acceptors (Lipinski definition) is 3. The van der Waals surface area contributed by atoms with Gasteiger partial charge in [0.15, 0.2) is 0 Å². The smallest absolute Gasteiger partial charge is 0.251 e. The van der Waals surface area contributed by atoms with Crippen molar-refractivity contribution in [2.24, 2.45) is 0 Å². The van der Waals surface area contributed by atoms with Gasteiger partial charge in [-0.2, -0.15) is 0 Å². The molecular weight excluding hydrogens is 273 g/mol. The molecule has 2 aromatic rings. The van der Waals surface area contributed by atoms with Crippen molar-refractivity contribution in [1.82, 2.24) is 5.32 Å². The lowest BCUT2D eigenvalue weighted by atomic mass is 10.1. The predicted molar refractivity (Wildman–Crippen MR) is 76.5 cm³/mol. The van der Waals surface area contributed by atoms with E-state index in [9.17, 15) is 14.3 Å². The van der Waals surface area contributed by atoms with Crippen molar-refractivity contribution in [2.75, 3.05) is 6.54 Å². The number of amides is 1. The molecule has 0 aliphatic rings. The Balaban J connectivity index is 1.87. The number of furan rings is 1. The average Bonchev–Trinajstić information content (AvgIpc) is 2.77. The van der Waals surface area contributed by atoms with E-state index in [0.717, 1.165) is 11.3 Å². The number of carbonyl (C=O) groups excluding carboxylic acids is 1. The first kappa shape index (κ1) is 15.3. The molecule has 0 saturated heterocycles. The van der Waals surface area contributed by atoms with Crippen LogP contribution in [0.15, 0.2) is 34.7 Å². The zero-order valence-corrected chi connectivity index (χ0v) is 12.0. The number of aryl methyl sites for hydroxylation is 2. The maximum atomic E-state index is 13.0. The van der Waals surface area contributed by atoms with Crippen LogP contribution in [0.5, 0.6) is 0 Å².